The molecule has 0 bridgehead atoms. The molecule has 3 aliphatic rings. The van der Waals surface area contributed by atoms with E-state index in [2.05, 4.69) is 5.32 Å². The molecule has 6 atom stereocenters. The van der Waals surface area contributed by atoms with Crippen molar-refractivity contribution in [1.29, 1.82) is 0 Å². The Kier molecular flexibility index (Phi) is 3.10. The minimum Gasteiger partial charge on any atom is -0.441 e. The molecular formula is C15H17NO5. The number of nitrogens with one attached hydrogen (secondary N) is 1. The maximum Gasteiger partial charge on any atom is 0.407 e. The van der Waals surface area contributed by atoms with Gasteiger partial charge in [-0.05, 0) is 6.42 Å². The zero-order chi connectivity index (χ0) is 14.4. The molecule has 0 radical (unpaired) electrons. The van der Waals surface area contributed by atoms with Gasteiger partial charge in [0.15, 0.2) is 12.4 Å². The molecule has 4 rings (SSSR count). The summed E-state index contributed by atoms with van der Waals surface area (Å²) >= 11 is 0. The lowest BCUT2D eigenvalue weighted by Gasteiger charge is -2.45. The number of aliphatic hydroxyl groups excluding tert-OH is 1. The van der Waals surface area contributed by atoms with E-state index in [1.165, 1.54) is 0 Å². The molecule has 6 heteroatoms. The molecule has 6 nitrogen and oxygen atoms in total. The number of carbonyl (C=O) groups excluding carboxylic acids is 1. The molecule has 1 saturated carbocycles. The van der Waals surface area contributed by atoms with Crippen LogP contribution in [0.2, 0.25) is 0 Å². The Bertz CT molecular complexity index is 536. The Balaban J connectivity index is 1.53. The van der Waals surface area contributed by atoms with Crippen molar-refractivity contribution in [3.8, 4) is 0 Å². The van der Waals surface area contributed by atoms with Crippen LogP contribution >= 0.6 is 0 Å². The van der Waals surface area contributed by atoms with Gasteiger partial charge < -0.3 is 24.6 Å². The van der Waals surface area contributed by atoms with Gasteiger partial charge in [0, 0.05) is 11.5 Å². The molecule has 1 amide bonds. The summed E-state index contributed by atoms with van der Waals surface area (Å²) in [6, 6.07) is 9.47. The summed E-state index contributed by atoms with van der Waals surface area (Å²) in [6.45, 7) is 0.500. The van der Waals surface area contributed by atoms with Crippen LogP contribution in [0, 0.1) is 5.92 Å². The molecule has 1 aromatic carbocycles. The Morgan fingerprint density at radius 2 is 2.00 bits per heavy atom. The van der Waals surface area contributed by atoms with Crippen LogP contribution in [0.1, 0.15) is 18.3 Å². The number of hydrogen-bond donors (Lipinski definition) is 2. The monoisotopic (exact) mass is 291 g/mol. The minimum atomic E-state index is -0.831. The van der Waals surface area contributed by atoms with Gasteiger partial charge in [0.1, 0.15) is 6.10 Å². The van der Waals surface area contributed by atoms with E-state index in [-0.39, 0.29) is 18.1 Å². The molecule has 0 unspecified atom stereocenters. The number of fused-ring (bicyclic) bond motifs is 2. The smallest absolute Gasteiger partial charge is 0.407 e. The maximum atomic E-state index is 11.3. The van der Waals surface area contributed by atoms with Crippen LogP contribution in [0.25, 0.3) is 0 Å². The Morgan fingerprint density at radius 1 is 1.19 bits per heavy atom. The number of amides is 1. The first-order chi connectivity index (χ1) is 10.2. The molecule has 3 fully saturated rings. The van der Waals surface area contributed by atoms with Crippen LogP contribution in [-0.4, -0.2) is 42.2 Å². The van der Waals surface area contributed by atoms with E-state index in [1.54, 1.807) is 0 Å². The molecule has 0 aromatic heterocycles. The van der Waals surface area contributed by atoms with Gasteiger partial charge in [-0.25, -0.2) is 4.79 Å². The molecule has 21 heavy (non-hydrogen) atoms. The van der Waals surface area contributed by atoms with Crippen LogP contribution in [0.3, 0.4) is 0 Å². The number of benzene rings is 1. The SMILES string of the molecule is O=C1N[C@H]2C[C@@H]3CO[C@@H](c4ccccc4)O[C@H]3[C@H](O)[C@H]2O1. The van der Waals surface area contributed by atoms with Gasteiger partial charge in [-0.15, -0.1) is 0 Å². The number of ether oxygens (including phenoxy) is 3. The number of rotatable bonds is 1. The zero-order valence-electron chi connectivity index (χ0n) is 11.3. The second kappa shape index (κ2) is 4.98. The second-order valence-electron chi connectivity index (χ2n) is 5.78. The van der Waals surface area contributed by atoms with Crippen molar-refractivity contribution in [1.82, 2.24) is 5.32 Å². The molecule has 2 aliphatic heterocycles. The van der Waals surface area contributed by atoms with E-state index in [9.17, 15) is 9.90 Å². The van der Waals surface area contributed by atoms with E-state index < -0.39 is 24.6 Å². The molecule has 112 valence electrons. The first-order valence-corrected chi connectivity index (χ1v) is 7.19. The van der Waals surface area contributed by atoms with Crippen LogP contribution in [-0.2, 0) is 14.2 Å². The second-order valence-corrected chi connectivity index (χ2v) is 5.78. The fourth-order valence-corrected chi connectivity index (χ4v) is 3.43. The fourth-order valence-electron chi connectivity index (χ4n) is 3.43. The number of aliphatic hydroxyl groups is 1. The lowest BCUT2D eigenvalue weighted by molar-refractivity contribution is -0.280. The number of carbonyl (C=O) groups is 1. The van der Waals surface area contributed by atoms with Gasteiger partial charge >= 0.3 is 6.09 Å². The van der Waals surface area contributed by atoms with Crippen molar-refractivity contribution < 1.29 is 24.1 Å². The molecule has 2 heterocycles. The van der Waals surface area contributed by atoms with Gasteiger partial charge in [0.05, 0.1) is 18.8 Å². The standard InChI is InChI=1S/C15H17NO5/c17-11-12-9(6-10-13(11)21-15(18)16-10)7-19-14(20-12)8-4-2-1-3-5-8/h1-5,9-14,17H,6-7H2,(H,16,18)/t9-,10+,11+,12-,13+,14-/m1/s1. The topological polar surface area (TPSA) is 77.0 Å². The molecule has 1 aromatic rings. The van der Waals surface area contributed by atoms with Crippen LogP contribution < -0.4 is 5.32 Å². The van der Waals surface area contributed by atoms with Gasteiger partial charge in [0.25, 0.3) is 0 Å². The molecule has 2 N–H and O–H groups in total. The molecule has 1 aliphatic carbocycles. The van der Waals surface area contributed by atoms with Gasteiger partial charge in [-0.2, -0.15) is 0 Å². The predicted octanol–water partition coefficient (Wildman–Crippen LogP) is 0.958. The zero-order valence-corrected chi connectivity index (χ0v) is 11.3. The highest BCUT2D eigenvalue weighted by Crippen LogP contribution is 2.39. The highest BCUT2D eigenvalue weighted by molar-refractivity contribution is 5.70. The molecular weight excluding hydrogens is 274 g/mol. The fraction of sp³-hybridized carbons (Fsp3) is 0.533. The van der Waals surface area contributed by atoms with E-state index in [1.807, 2.05) is 30.3 Å². The van der Waals surface area contributed by atoms with E-state index in [0.29, 0.717) is 13.0 Å². The van der Waals surface area contributed by atoms with Crippen molar-refractivity contribution in [2.45, 2.75) is 37.1 Å². The quantitative estimate of drug-likeness (QED) is 0.806. The number of alkyl carbamates (subject to hydrolysis) is 1. The lowest BCUT2D eigenvalue weighted by Crippen LogP contribution is -2.58. The first-order valence-electron chi connectivity index (χ1n) is 7.19. The largest absolute Gasteiger partial charge is 0.441 e. The van der Waals surface area contributed by atoms with Crippen LogP contribution in [0.5, 0.6) is 0 Å². The summed E-state index contributed by atoms with van der Waals surface area (Å²) in [4.78, 5) is 11.3. The summed E-state index contributed by atoms with van der Waals surface area (Å²) in [7, 11) is 0. The predicted molar refractivity (Wildman–Crippen MR) is 71.3 cm³/mol. The highest BCUT2D eigenvalue weighted by atomic mass is 16.7. The average molecular weight is 291 g/mol. The lowest BCUT2D eigenvalue weighted by atomic mass is 9.79. The van der Waals surface area contributed by atoms with Gasteiger partial charge in [0.2, 0.25) is 0 Å². The Hall–Kier alpha value is -1.63. The summed E-state index contributed by atoms with van der Waals surface area (Å²) in [5.74, 6) is 0.0585. The summed E-state index contributed by atoms with van der Waals surface area (Å²) in [5.41, 5.74) is 0.923. The number of hydrogen-bond acceptors (Lipinski definition) is 5. The van der Waals surface area contributed by atoms with E-state index in [0.717, 1.165) is 5.56 Å². The molecule has 0 spiro atoms. The minimum absolute atomic E-state index is 0.0585. The summed E-state index contributed by atoms with van der Waals surface area (Å²) in [6.07, 6.45) is -2.00. The third-order valence-electron chi connectivity index (χ3n) is 4.45. The van der Waals surface area contributed by atoms with Crippen molar-refractivity contribution in [2.24, 2.45) is 5.92 Å². The molecule has 2 saturated heterocycles. The maximum absolute atomic E-state index is 11.3. The third kappa shape index (κ3) is 2.19. The summed E-state index contributed by atoms with van der Waals surface area (Å²) in [5, 5.41) is 13.2. The van der Waals surface area contributed by atoms with Crippen molar-refractivity contribution in [2.75, 3.05) is 6.61 Å². The van der Waals surface area contributed by atoms with Crippen molar-refractivity contribution >= 4 is 6.09 Å². The van der Waals surface area contributed by atoms with E-state index in [4.69, 9.17) is 14.2 Å². The summed E-state index contributed by atoms with van der Waals surface area (Å²) < 4.78 is 16.9. The Morgan fingerprint density at radius 3 is 2.81 bits per heavy atom. The van der Waals surface area contributed by atoms with Gasteiger partial charge in [-0.1, -0.05) is 30.3 Å². The van der Waals surface area contributed by atoms with Crippen molar-refractivity contribution in [3.63, 3.8) is 0 Å². The van der Waals surface area contributed by atoms with Crippen LogP contribution in [0.4, 0.5) is 4.79 Å². The van der Waals surface area contributed by atoms with Crippen LogP contribution in [0.15, 0.2) is 30.3 Å². The average Bonchev–Trinajstić information content (AvgIpc) is 2.89. The van der Waals surface area contributed by atoms with Gasteiger partial charge in [-0.3, -0.25) is 0 Å². The Labute approximate surface area is 122 Å². The highest BCUT2D eigenvalue weighted by Gasteiger charge is 2.52. The van der Waals surface area contributed by atoms with E-state index >= 15 is 0 Å². The third-order valence-corrected chi connectivity index (χ3v) is 4.45. The van der Waals surface area contributed by atoms with Crippen molar-refractivity contribution in [3.05, 3.63) is 35.9 Å². The first kappa shape index (κ1) is 13.1. The normalized spacial score (nSPS) is 41.7.